The standard InChI is InChI=1S/C13H19N3O3.ClH/c1-18-7-10-6-11(15-19-10)12(17)16-5-3-13(9-16)2-4-14-8-13;/h6,14H,2-5,7-9H2,1H3;1H. The Morgan fingerprint density at radius 2 is 2.45 bits per heavy atom. The van der Waals surface area contributed by atoms with Gasteiger partial charge in [-0.3, -0.25) is 4.79 Å². The van der Waals surface area contributed by atoms with Crippen LogP contribution in [0.3, 0.4) is 0 Å². The highest BCUT2D eigenvalue weighted by Crippen LogP contribution is 2.36. The van der Waals surface area contributed by atoms with Crippen molar-refractivity contribution in [2.24, 2.45) is 5.41 Å². The maximum atomic E-state index is 12.3. The summed E-state index contributed by atoms with van der Waals surface area (Å²) in [7, 11) is 1.58. The average Bonchev–Trinajstić information content (AvgIpc) is 3.13. The molecular weight excluding hydrogens is 282 g/mol. The number of ether oxygens (including phenoxy) is 1. The Bertz CT molecular complexity index is 471. The molecule has 0 aromatic carbocycles. The molecule has 2 aliphatic rings. The minimum atomic E-state index is -0.0325. The van der Waals surface area contributed by atoms with Crippen LogP contribution in [0.4, 0.5) is 0 Å². The van der Waals surface area contributed by atoms with E-state index >= 15 is 0 Å². The number of hydrogen-bond acceptors (Lipinski definition) is 5. The van der Waals surface area contributed by atoms with Gasteiger partial charge in [0, 0.05) is 38.2 Å². The summed E-state index contributed by atoms with van der Waals surface area (Å²) >= 11 is 0. The van der Waals surface area contributed by atoms with E-state index in [4.69, 9.17) is 9.26 Å². The third-order valence-electron chi connectivity index (χ3n) is 4.12. The lowest BCUT2D eigenvalue weighted by Gasteiger charge is -2.22. The minimum Gasteiger partial charge on any atom is -0.377 e. The first kappa shape index (κ1) is 15.3. The van der Waals surface area contributed by atoms with Crippen molar-refractivity contribution < 1.29 is 14.1 Å². The molecule has 112 valence electrons. The lowest BCUT2D eigenvalue weighted by atomic mass is 9.87. The number of rotatable bonds is 3. The topological polar surface area (TPSA) is 67.6 Å². The van der Waals surface area contributed by atoms with Crippen molar-refractivity contribution in [3.8, 4) is 0 Å². The Morgan fingerprint density at radius 1 is 1.60 bits per heavy atom. The fraction of sp³-hybridized carbons (Fsp3) is 0.692. The van der Waals surface area contributed by atoms with Crippen molar-refractivity contribution in [1.82, 2.24) is 15.4 Å². The molecule has 0 bridgehead atoms. The maximum Gasteiger partial charge on any atom is 0.276 e. The van der Waals surface area contributed by atoms with E-state index in [1.54, 1.807) is 13.2 Å². The number of amides is 1. The molecular formula is C13H20ClN3O3. The predicted octanol–water partition coefficient (Wildman–Crippen LogP) is 1.07. The van der Waals surface area contributed by atoms with Gasteiger partial charge in [0.05, 0.1) is 0 Å². The lowest BCUT2D eigenvalue weighted by molar-refractivity contribution is 0.0765. The third-order valence-corrected chi connectivity index (χ3v) is 4.12. The van der Waals surface area contributed by atoms with Gasteiger partial charge in [-0.05, 0) is 19.4 Å². The first-order valence-corrected chi connectivity index (χ1v) is 6.67. The third kappa shape index (κ3) is 2.82. The van der Waals surface area contributed by atoms with Gasteiger partial charge in [-0.15, -0.1) is 12.4 Å². The summed E-state index contributed by atoms with van der Waals surface area (Å²) in [6, 6.07) is 1.67. The van der Waals surface area contributed by atoms with E-state index in [-0.39, 0.29) is 23.7 Å². The molecule has 1 aromatic heterocycles. The molecule has 1 spiro atoms. The van der Waals surface area contributed by atoms with E-state index in [1.807, 2.05) is 4.90 Å². The molecule has 20 heavy (non-hydrogen) atoms. The average molecular weight is 302 g/mol. The number of carbonyl (C=O) groups is 1. The molecule has 6 nitrogen and oxygen atoms in total. The van der Waals surface area contributed by atoms with Crippen molar-refractivity contribution in [3.63, 3.8) is 0 Å². The van der Waals surface area contributed by atoms with E-state index < -0.39 is 0 Å². The Morgan fingerprint density at radius 3 is 3.15 bits per heavy atom. The van der Waals surface area contributed by atoms with Crippen LogP contribution < -0.4 is 5.32 Å². The molecule has 0 aliphatic carbocycles. The van der Waals surface area contributed by atoms with E-state index in [0.717, 1.165) is 39.0 Å². The lowest BCUT2D eigenvalue weighted by Crippen LogP contribution is -2.33. The Balaban J connectivity index is 0.00000147. The van der Waals surface area contributed by atoms with Gasteiger partial charge in [-0.25, -0.2) is 0 Å². The van der Waals surface area contributed by atoms with Gasteiger partial charge < -0.3 is 19.5 Å². The molecule has 1 amide bonds. The zero-order chi connectivity index (χ0) is 13.3. The molecule has 0 radical (unpaired) electrons. The summed E-state index contributed by atoms with van der Waals surface area (Å²) in [4.78, 5) is 14.2. The van der Waals surface area contributed by atoms with E-state index in [1.165, 1.54) is 0 Å². The molecule has 2 saturated heterocycles. The van der Waals surface area contributed by atoms with Crippen molar-refractivity contribution >= 4 is 18.3 Å². The highest BCUT2D eigenvalue weighted by molar-refractivity contribution is 5.92. The fourth-order valence-corrected chi connectivity index (χ4v) is 3.04. The Kier molecular flexibility index (Phi) is 4.67. The smallest absolute Gasteiger partial charge is 0.276 e. The molecule has 2 fully saturated rings. The van der Waals surface area contributed by atoms with E-state index in [2.05, 4.69) is 10.5 Å². The van der Waals surface area contributed by atoms with E-state index in [0.29, 0.717) is 18.1 Å². The van der Waals surface area contributed by atoms with Crippen molar-refractivity contribution in [2.45, 2.75) is 19.4 Å². The number of nitrogens with zero attached hydrogens (tertiary/aromatic N) is 2. The van der Waals surface area contributed by atoms with Crippen LogP contribution in [0.2, 0.25) is 0 Å². The van der Waals surface area contributed by atoms with Crippen LogP contribution in [-0.2, 0) is 11.3 Å². The molecule has 1 N–H and O–H groups in total. The molecule has 1 atom stereocenters. The van der Waals surface area contributed by atoms with Crippen LogP contribution in [0.5, 0.6) is 0 Å². The summed E-state index contributed by atoms with van der Waals surface area (Å²) in [6.45, 7) is 4.06. The molecule has 0 saturated carbocycles. The maximum absolute atomic E-state index is 12.3. The van der Waals surface area contributed by atoms with Crippen molar-refractivity contribution in [1.29, 1.82) is 0 Å². The van der Waals surface area contributed by atoms with Crippen LogP contribution in [0.1, 0.15) is 29.1 Å². The number of nitrogens with one attached hydrogen (secondary N) is 1. The first-order valence-electron chi connectivity index (χ1n) is 6.67. The number of methoxy groups -OCH3 is 1. The minimum absolute atomic E-state index is 0. The van der Waals surface area contributed by atoms with Gasteiger partial charge in [0.25, 0.3) is 5.91 Å². The largest absolute Gasteiger partial charge is 0.377 e. The van der Waals surface area contributed by atoms with Crippen molar-refractivity contribution in [3.05, 3.63) is 17.5 Å². The molecule has 2 aliphatic heterocycles. The number of hydrogen-bond donors (Lipinski definition) is 1. The SMILES string of the molecule is COCc1cc(C(=O)N2CCC3(CCNC3)C2)no1.Cl. The summed E-state index contributed by atoms with van der Waals surface area (Å²) < 4.78 is 10.0. The fourth-order valence-electron chi connectivity index (χ4n) is 3.04. The summed E-state index contributed by atoms with van der Waals surface area (Å²) in [5.74, 6) is 0.553. The summed E-state index contributed by atoms with van der Waals surface area (Å²) in [5.41, 5.74) is 0.671. The molecule has 3 heterocycles. The van der Waals surface area contributed by atoms with Gasteiger partial charge in [0.1, 0.15) is 6.61 Å². The molecule has 3 rings (SSSR count). The number of aromatic nitrogens is 1. The van der Waals surface area contributed by atoms with Crippen molar-refractivity contribution in [2.75, 3.05) is 33.3 Å². The summed E-state index contributed by atoms with van der Waals surface area (Å²) in [5, 5.41) is 7.22. The quantitative estimate of drug-likeness (QED) is 0.904. The van der Waals surface area contributed by atoms with Crippen LogP contribution >= 0.6 is 12.4 Å². The molecule has 7 heteroatoms. The zero-order valence-corrected chi connectivity index (χ0v) is 12.4. The second-order valence-electron chi connectivity index (χ2n) is 5.51. The monoisotopic (exact) mass is 301 g/mol. The van der Waals surface area contributed by atoms with Gasteiger partial charge in [-0.1, -0.05) is 5.16 Å². The molecule has 1 unspecified atom stereocenters. The zero-order valence-electron chi connectivity index (χ0n) is 11.6. The van der Waals surface area contributed by atoms with Gasteiger partial charge in [-0.2, -0.15) is 0 Å². The second-order valence-corrected chi connectivity index (χ2v) is 5.51. The van der Waals surface area contributed by atoms with Gasteiger partial charge in [0.2, 0.25) is 0 Å². The number of halogens is 1. The highest BCUT2D eigenvalue weighted by atomic mass is 35.5. The Hall–Kier alpha value is -1.11. The van der Waals surface area contributed by atoms with Crippen LogP contribution in [0.25, 0.3) is 0 Å². The first-order chi connectivity index (χ1) is 9.22. The number of likely N-dealkylation sites (tertiary alicyclic amines) is 1. The van der Waals surface area contributed by atoms with E-state index in [9.17, 15) is 4.79 Å². The molecule has 1 aromatic rings. The number of carbonyl (C=O) groups excluding carboxylic acids is 1. The van der Waals surface area contributed by atoms with Gasteiger partial charge in [0.15, 0.2) is 11.5 Å². The van der Waals surface area contributed by atoms with Gasteiger partial charge >= 0.3 is 0 Å². The van der Waals surface area contributed by atoms with Crippen LogP contribution in [0, 0.1) is 5.41 Å². The Labute approximate surface area is 124 Å². The normalized spacial score (nSPS) is 25.1. The van der Waals surface area contributed by atoms with Crippen LogP contribution in [0.15, 0.2) is 10.6 Å². The summed E-state index contributed by atoms with van der Waals surface area (Å²) in [6.07, 6.45) is 2.24. The second kappa shape index (κ2) is 6.11. The predicted molar refractivity (Wildman–Crippen MR) is 74.9 cm³/mol. The van der Waals surface area contributed by atoms with Crippen LogP contribution in [-0.4, -0.2) is 49.3 Å². The highest BCUT2D eigenvalue weighted by Gasteiger charge is 2.42.